The molecule has 0 atom stereocenters. The summed E-state index contributed by atoms with van der Waals surface area (Å²) in [6, 6.07) is 1.41. The zero-order valence-corrected chi connectivity index (χ0v) is 12.9. The van der Waals surface area contributed by atoms with Gasteiger partial charge in [-0.05, 0) is 32.4 Å². The molecule has 1 amide bonds. The van der Waals surface area contributed by atoms with Gasteiger partial charge >= 0.3 is 12.1 Å². The minimum atomic E-state index is -0.661. The number of carbonyl (C=O) groups excluding carboxylic acids is 2. The Labute approximate surface area is 127 Å². The fourth-order valence-electron chi connectivity index (χ4n) is 1.53. The van der Waals surface area contributed by atoms with Gasteiger partial charge in [-0.2, -0.15) is 0 Å². The average Bonchev–Trinajstić information content (AvgIpc) is 2.83. The minimum Gasteiger partial charge on any atom is -0.463 e. The molecule has 1 rings (SSSR count). The normalized spacial score (nSPS) is 10.5. The molecule has 1 heterocycles. The molecule has 0 saturated carbocycles. The number of rotatable bonds is 5. The Morgan fingerprint density at radius 2 is 2.14 bits per heavy atom. The van der Waals surface area contributed by atoms with Gasteiger partial charge in [0.25, 0.3) is 0 Å². The topological polar surface area (TPSA) is 127 Å². The average molecular weight is 310 g/mol. The molecular weight excluding hydrogens is 292 g/mol. The van der Waals surface area contributed by atoms with Gasteiger partial charge in [-0.15, -0.1) is 0 Å². The molecule has 0 aliphatic rings. The van der Waals surface area contributed by atoms with Gasteiger partial charge in [0.2, 0.25) is 5.76 Å². The van der Waals surface area contributed by atoms with Crippen molar-refractivity contribution in [2.75, 3.05) is 7.11 Å². The van der Waals surface area contributed by atoms with Crippen LogP contribution in [0.5, 0.6) is 0 Å². The predicted molar refractivity (Wildman–Crippen MR) is 76.0 cm³/mol. The molecular formula is C13H18N4O5. The molecule has 9 nitrogen and oxygen atoms in total. The van der Waals surface area contributed by atoms with Gasteiger partial charge in [-0.3, -0.25) is 0 Å². The molecule has 0 spiro atoms. The highest BCUT2D eigenvalue weighted by molar-refractivity contribution is 5.86. The first-order chi connectivity index (χ1) is 10.3. The Hall–Kier alpha value is -2.67. The van der Waals surface area contributed by atoms with Crippen molar-refractivity contribution in [2.45, 2.75) is 39.5 Å². The van der Waals surface area contributed by atoms with Crippen molar-refractivity contribution in [3.63, 3.8) is 0 Å². The second-order valence-corrected chi connectivity index (χ2v) is 5.30. The van der Waals surface area contributed by atoms with Gasteiger partial charge in [0, 0.05) is 10.5 Å². The van der Waals surface area contributed by atoms with Gasteiger partial charge in [0.15, 0.2) is 0 Å². The largest absolute Gasteiger partial charge is 0.463 e. The van der Waals surface area contributed by atoms with E-state index in [9.17, 15) is 9.59 Å². The van der Waals surface area contributed by atoms with E-state index in [1.807, 2.05) is 0 Å². The van der Waals surface area contributed by atoms with E-state index in [1.165, 1.54) is 13.2 Å². The van der Waals surface area contributed by atoms with E-state index in [0.717, 1.165) is 0 Å². The van der Waals surface area contributed by atoms with Gasteiger partial charge < -0.3 is 19.2 Å². The van der Waals surface area contributed by atoms with Crippen LogP contribution in [0.3, 0.4) is 0 Å². The standard InChI is InChI=1S/C13H18N4O5/c1-13(2,3)22-12(19)15-7-10-8(6-16-17-14)5-9(21-10)11(18)20-4/h5H,6-7H2,1-4H3,(H,15,19). The molecule has 1 aromatic heterocycles. The smallest absolute Gasteiger partial charge is 0.408 e. The number of furan rings is 1. The molecule has 0 aliphatic carbocycles. The van der Waals surface area contributed by atoms with Crippen LogP contribution in [0.25, 0.3) is 10.4 Å². The van der Waals surface area contributed by atoms with Crippen LogP contribution < -0.4 is 5.32 Å². The molecule has 0 unspecified atom stereocenters. The van der Waals surface area contributed by atoms with Crippen LogP contribution in [-0.4, -0.2) is 24.8 Å². The van der Waals surface area contributed by atoms with Gasteiger partial charge in [-0.25, -0.2) is 9.59 Å². The van der Waals surface area contributed by atoms with Crippen molar-refractivity contribution >= 4 is 12.1 Å². The van der Waals surface area contributed by atoms with Crippen molar-refractivity contribution in [2.24, 2.45) is 5.11 Å². The second kappa shape index (κ2) is 7.37. The molecule has 0 aliphatic heterocycles. The summed E-state index contributed by atoms with van der Waals surface area (Å²) < 4.78 is 15.0. The Bertz CT molecular complexity index is 596. The highest BCUT2D eigenvalue weighted by Crippen LogP contribution is 2.18. The fraction of sp³-hybridized carbons (Fsp3) is 0.538. The van der Waals surface area contributed by atoms with Crippen molar-refractivity contribution in [1.29, 1.82) is 0 Å². The Balaban J connectivity index is 2.83. The molecule has 22 heavy (non-hydrogen) atoms. The number of esters is 1. The van der Waals surface area contributed by atoms with E-state index < -0.39 is 17.7 Å². The molecule has 0 aromatic carbocycles. The lowest BCUT2D eigenvalue weighted by Crippen LogP contribution is -2.32. The van der Waals surface area contributed by atoms with Crippen LogP contribution in [-0.2, 0) is 22.6 Å². The van der Waals surface area contributed by atoms with Crippen LogP contribution in [0.4, 0.5) is 4.79 Å². The summed E-state index contributed by atoms with van der Waals surface area (Å²) in [5.74, 6) is -0.406. The number of alkyl carbamates (subject to hydrolysis) is 1. The zero-order chi connectivity index (χ0) is 16.8. The summed E-state index contributed by atoms with van der Waals surface area (Å²) in [6.45, 7) is 5.19. The summed E-state index contributed by atoms with van der Waals surface area (Å²) in [5.41, 5.74) is 8.23. The van der Waals surface area contributed by atoms with Crippen LogP contribution in [0.15, 0.2) is 15.6 Å². The lowest BCUT2D eigenvalue weighted by Gasteiger charge is -2.19. The second-order valence-electron chi connectivity index (χ2n) is 5.30. The first-order valence-corrected chi connectivity index (χ1v) is 6.44. The Morgan fingerprint density at radius 3 is 2.68 bits per heavy atom. The van der Waals surface area contributed by atoms with Crippen molar-refractivity contribution < 1.29 is 23.5 Å². The van der Waals surface area contributed by atoms with E-state index in [-0.39, 0.29) is 18.8 Å². The quantitative estimate of drug-likeness (QED) is 0.387. The molecule has 0 bridgehead atoms. The molecule has 9 heteroatoms. The summed E-state index contributed by atoms with van der Waals surface area (Å²) in [7, 11) is 1.22. The number of nitrogens with one attached hydrogen (secondary N) is 1. The third-order valence-corrected chi connectivity index (χ3v) is 2.38. The van der Waals surface area contributed by atoms with Gasteiger partial charge in [-0.1, -0.05) is 5.11 Å². The molecule has 1 N–H and O–H groups in total. The highest BCUT2D eigenvalue weighted by atomic mass is 16.6. The van der Waals surface area contributed by atoms with Gasteiger partial charge in [0.1, 0.15) is 11.4 Å². The van der Waals surface area contributed by atoms with Crippen molar-refractivity contribution in [3.8, 4) is 0 Å². The number of hydrogen-bond acceptors (Lipinski definition) is 6. The van der Waals surface area contributed by atoms with E-state index in [4.69, 9.17) is 14.7 Å². The van der Waals surface area contributed by atoms with Crippen molar-refractivity contribution in [3.05, 3.63) is 33.6 Å². The molecule has 1 aromatic rings. The van der Waals surface area contributed by atoms with E-state index >= 15 is 0 Å². The summed E-state index contributed by atoms with van der Waals surface area (Å²) >= 11 is 0. The lowest BCUT2D eigenvalue weighted by molar-refractivity contribution is 0.0519. The highest BCUT2D eigenvalue weighted by Gasteiger charge is 2.19. The molecule has 0 radical (unpaired) electrons. The maximum atomic E-state index is 11.6. The molecule has 0 fully saturated rings. The SMILES string of the molecule is COC(=O)c1cc(CN=[N+]=[N-])c(CNC(=O)OC(C)(C)C)o1. The van der Waals surface area contributed by atoms with Crippen LogP contribution in [0.2, 0.25) is 0 Å². The van der Waals surface area contributed by atoms with Crippen LogP contribution in [0, 0.1) is 0 Å². The monoisotopic (exact) mass is 310 g/mol. The third kappa shape index (κ3) is 5.37. The van der Waals surface area contributed by atoms with Crippen molar-refractivity contribution in [1.82, 2.24) is 5.32 Å². The number of nitrogens with zero attached hydrogens (tertiary/aromatic N) is 3. The van der Waals surface area contributed by atoms with E-state index in [2.05, 4.69) is 20.1 Å². The molecule has 0 saturated heterocycles. The Morgan fingerprint density at radius 1 is 1.45 bits per heavy atom. The predicted octanol–water partition coefficient (Wildman–Crippen LogP) is 2.90. The summed E-state index contributed by atoms with van der Waals surface area (Å²) in [4.78, 5) is 25.7. The number of amides is 1. The van der Waals surface area contributed by atoms with Crippen LogP contribution in [0.1, 0.15) is 42.6 Å². The fourth-order valence-corrected chi connectivity index (χ4v) is 1.53. The maximum absolute atomic E-state index is 11.6. The van der Waals surface area contributed by atoms with Crippen LogP contribution >= 0.6 is 0 Å². The first-order valence-electron chi connectivity index (χ1n) is 6.44. The summed E-state index contributed by atoms with van der Waals surface area (Å²) in [5, 5.41) is 5.91. The molecule has 120 valence electrons. The Kier molecular flexibility index (Phi) is 5.82. The maximum Gasteiger partial charge on any atom is 0.408 e. The van der Waals surface area contributed by atoms with E-state index in [1.54, 1.807) is 20.8 Å². The number of carbonyl (C=O) groups is 2. The number of ether oxygens (including phenoxy) is 2. The first kappa shape index (κ1) is 17.4. The minimum absolute atomic E-state index is 0.0116. The summed E-state index contributed by atoms with van der Waals surface area (Å²) in [6.07, 6.45) is -0.627. The zero-order valence-electron chi connectivity index (χ0n) is 12.9. The number of hydrogen-bond donors (Lipinski definition) is 1. The third-order valence-electron chi connectivity index (χ3n) is 2.38. The van der Waals surface area contributed by atoms with E-state index in [0.29, 0.717) is 11.3 Å². The number of azide groups is 1. The lowest BCUT2D eigenvalue weighted by atomic mass is 10.2. The van der Waals surface area contributed by atoms with Gasteiger partial charge in [0.05, 0.1) is 20.2 Å². The number of methoxy groups -OCH3 is 1.